The van der Waals surface area contributed by atoms with E-state index in [1.807, 2.05) is 32.0 Å². The van der Waals surface area contributed by atoms with E-state index in [9.17, 15) is 5.11 Å². The van der Waals surface area contributed by atoms with E-state index in [0.717, 1.165) is 5.56 Å². The highest BCUT2D eigenvalue weighted by molar-refractivity contribution is 5.83. The number of aliphatic hydroxyl groups is 1. The smallest absolute Gasteiger partial charge is 0.0813 e. The lowest BCUT2D eigenvalue weighted by Crippen LogP contribution is -2.04. The van der Waals surface area contributed by atoms with Crippen LogP contribution in [-0.4, -0.2) is 5.11 Å². The van der Waals surface area contributed by atoms with Gasteiger partial charge in [-0.05, 0) is 28.3 Å². The van der Waals surface area contributed by atoms with Crippen LogP contribution in [0.3, 0.4) is 0 Å². The minimum absolute atomic E-state index is 0.256. The first-order chi connectivity index (χ1) is 7.18. The van der Waals surface area contributed by atoms with Crippen LogP contribution in [0.25, 0.3) is 10.8 Å². The van der Waals surface area contributed by atoms with Crippen LogP contribution in [0.4, 0.5) is 0 Å². The monoisotopic (exact) mass is 200 g/mol. The highest BCUT2D eigenvalue weighted by Crippen LogP contribution is 2.24. The van der Waals surface area contributed by atoms with E-state index < -0.39 is 0 Å². The fraction of sp³-hybridized carbons (Fsp3) is 0.286. The van der Waals surface area contributed by atoms with Crippen LogP contribution >= 0.6 is 0 Å². The molecule has 0 saturated heterocycles. The largest absolute Gasteiger partial charge is 0.388 e. The average Bonchev–Trinajstić information content (AvgIpc) is 2.27. The van der Waals surface area contributed by atoms with Gasteiger partial charge >= 0.3 is 0 Å². The molecule has 1 heteroatoms. The maximum atomic E-state index is 9.96. The lowest BCUT2D eigenvalue weighted by atomic mass is 9.97. The van der Waals surface area contributed by atoms with Crippen molar-refractivity contribution in [2.24, 2.45) is 5.92 Å². The average molecular weight is 200 g/mol. The fourth-order valence-electron chi connectivity index (χ4n) is 1.78. The molecule has 0 saturated carbocycles. The molecule has 1 atom stereocenters. The van der Waals surface area contributed by atoms with Gasteiger partial charge in [0.1, 0.15) is 0 Å². The predicted octanol–water partition coefficient (Wildman–Crippen LogP) is 3.53. The van der Waals surface area contributed by atoms with E-state index in [1.165, 1.54) is 10.8 Å². The predicted molar refractivity (Wildman–Crippen MR) is 63.7 cm³/mol. The molecular formula is C14H16O. The molecule has 0 aliphatic heterocycles. The fourth-order valence-corrected chi connectivity index (χ4v) is 1.78. The van der Waals surface area contributed by atoms with Crippen molar-refractivity contribution in [3.8, 4) is 0 Å². The van der Waals surface area contributed by atoms with Crippen LogP contribution in [0, 0.1) is 5.92 Å². The molecule has 1 nitrogen and oxygen atoms in total. The van der Waals surface area contributed by atoms with Crippen molar-refractivity contribution in [3.05, 3.63) is 48.0 Å². The molecule has 15 heavy (non-hydrogen) atoms. The molecule has 2 aromatic carbocycles. The quantitative estimate of drug-likeness (QED) is 0.786. The number of aliphatic hydroxyl groups excluding tert-OH is 1. The number of rotatable bonds is 2. The summed E-state index contributed by atoms with van der Waals surface area (Å²) in [5, 5.41) is 12.4. The molecule has 2 rings (SSSR count). The zero-order chi connectivity index (χ0) is 10.8. The van der Waals surface area contributed by atoms with Crippen LogP contribution in [0.1, 0.15) is 25.5 Å². The van der Waals surface area contributed by atoms with E-state index in [-0.39, 0.29) is 12.0 Å². The second kappa shape index (κ2) is 4.03. The van der Waals surface area contributed by atoms with Gasteiger partial charge in [0.15, 0.2) is 0 Å². The third-order valence-electron chi connectivity index (χ3n) is 2.75. The molecule has 0 fully saturated rings. The molecule has 0 bridgehead atoms. The molecule has 0 unspecified atom stereocenters. The Labute approximate surface area is 90.4 Å². The topological polar surface area (TPSA) is 20.2 Å². The molecular weight excluding hydrogens is 184 g/mol. The molecule has 0 aliphatic carbocycles. The van der Waals surface area contributed by atoms with Crippen molar-refractivity contribution in [1.82, 2.24) is 0 Å². The van der Waals surface area contributed by atoms with Crippen LogP contribution < -0.4 is 0 Å². The summed E-state index contributed by atoms with van der Waals surface area (Å²) in [5.74, 6) is 0.256. The Balaban J connectivity index is 2.47. The lowest BCUT2D eigenvalue weighted by molar-refractivity contribution is 0.127. The van der Waals surface area contributed by atoms with E-state index >= 15 is 0 Å². The molecule has 0 aromatic heterocycles. The summed E-state index contributed by atoms with van der Waals surface area (Å²) in [6.07, 6.45) is -0.366. The Morgan fingerprint density at radius 3 is 2.27 bits per heavy atom. The van der Waals surface area contributed by atoms with Gasteiger partial charge in [0.25, 0.3) is 0 Å². The SMILES string of the molecule is CC(C)[C@@H](O)c1ccc2ccccc2c1. The first-order valence-corrected chi connectivity index (χ1v) is 5.35. The van der Waals surface area contributed by atoms with E-state index in [0.29, 0.717) is 0 Å². The summed E-state index contributed by atoms with van der Waals surface area (Å²) in [6.45, 7) is 4.06. The number of hydrogen-bond donors (Lipinski definition) is 1. The molecule has 78 valence electrons. The van der Waals surface area contributed by atoms with Crippen molar-refractivity contribution in [2.75, 3.05) is 0 Å². The van der Waals surface area contributed by atoms with Crippen LogP contribution in [-0.2, 0) is 0 Å². The van der Waals surface area contributed by atoms with Gasteiger partial charge in [-0.15, -0.1) is 0 Å². The molecule has 1 N–H and O–H groups in total. The summed E-state index contributed by atoms with van der Waals surface area (Å²) < 4.78 is 0. The normalized spacial score (nSPS) is 13.3. The first kappa shape index (κ1) is 10.2. The Kier molecular flexibility index (Phi) is 2.74. The van der Waals surface area contributed by atoms with Crippen LogP contribution in [0.15, 0.2) is 42.5 Å². The summed E-state index contributed by atoms with van der Waals surface area (Å²) in [5.41, 5.74) is 1.00. The Morgan fingerprint density at radius 2 is 1.60 bits per heavy atom. The van der Waals surface area contributed by atoms with Gasteiger partial charge in [-0.3, -0.25) is 0 Å². The van der Waals surface area contributed by atoms with Crippen molar-refractivity contribution in [3.63, 3.8) is 0 Å². The van der Waals surface area contributed by atoms with Crippen molar-refractivity contribution < 1.29 is 5.11 Å². The summed E-state index contributed by atoms with van der Waals surface area (Å²) in [4.78, 5) is 0. The first-order valence-electron chi connectivity index (χ1n) is 5.35. The summed E-state index contributed by atoms with van der Waals surface area (Å²) >= 11 is 0. The number of benzene rings is 2. The second-order valence-electron chi connectivity index (χ2n) is 4.30. The van der Waals surface area contributed by atoms with Gasteiger partial charge in [0, 0.05) is 0 Å². The minimum Gasteiger partial charge on any atom is -0.388 e. The van der Waals surface area contributed by atoms with Gasteiger partial charge in [-0.1, -0.05) is 50.2 Å². The van der Waals surface area contributed by atoms with Crippen molar-refractivity contribution in [1.29, 1.82) is 0 Å². The summed E-state index contributed by atoms with van der Waals surface area (Å²) in [6, 6.07) is 14.4. The van der Waals surface area contributed by atoms with Crippen LogP contribution in [0.2, 0.25) is 0 Å². The van der Waals surface area contributed by atoms with Crippen molar-refractivity contribution >= 4 is 10.8 Å². The highest BCUT2D eigenvalue weighted by atomic mass is 16.3. The molecule has 2 aromatic rings. The zero-order valence-corrected chi connectivity index (χ0v) is 9.14. The Hall–Kier alpha value is -1.34. The third kappa shape index (κ3) is 2.02. The maximum absolute atomic E-state index is 9.96. The van der Waals surface area contributed by atoms with E-state index in [1.54, 1.807) is 0 Å². The molecule has 0 amide bonds. The van der Waals surface area contributed by atoms with Gasteiger partial charge in [-0.2, -0.15) is 0 Å². The number of hydrogen-bond acceptors (Lipinski definition) is 1. The third-order valence-corrected chi connectivity index (χ3v) is 2.75. The lowest BCUT2D eigenvalue weighted by Gasteiger charge is -2.15. The number of fused-ring (bicyclic) bond motifs is 1. The standard InChI is InChI=1S/C14H16O/c1-10(2)14(15)13-8-7-11-5-3-4-6-12(11)9-13/h3-10,14-15H,1-2H3/t14-/m1/s1. The highest BCUT2D eigenvalue weighted by Gasteiger charge is 2.11. The van der Waals surface area contributed by atoms with Gasteiger partial charge in [0.2, 0.25) is 0 Å². The van der Waals surface area contributed by atoms with Gasteiger partial charge in [-0.25, -0.2) is 0 Å². The molecule has 0 aliphatic rings. The van der Waals surface area contributed by atoms with E-state index in [4.69, 9.17) is 0 Å². The molecule has 0 radical (unpaired) electrons. The second-order valence-corrected chi connectivity index (χ2v) is 4.30. The van der Waals surface area contributed by atoms with Gasteiger partial charge in [0.05, 0.1) is 6.10 Å². The van der Waals surface area contributed by atoms with Crippen LogP contribution in [0.5, 0.6) is 0 Å². The Bertz CT molecular complexity index is 460. The van der Waals surface area contributed by atoms with Gasteiger partial charge < -0.3 is 5.11 Å². The van der Waals surface area contributed by atoms with Crippen molar-refractivity contribution in [2.45, 2.75) is 20.0 Å². The maximum Gasteiger partial charge on any atom is 0.0813 e. The Morgan fingerprint density at radius 1 is 0.933 bits per heavy atom. The van der Waals surface area contributed by atoms with E-state index in [2.05, 4.69) is 24.3 Å². The zero-order valence-electron chi connectivity index (χ0n) is 9.14. The molecule has 0 heterocycles. The minimum atomic E-state index is -0.366. The molecule has 0 spiro atoms. The summed E-state index contributed by atoms with van der Waals surface area (Å²) in [7, 11) is 0.